The van der Waals surface area contributed by atoms with Crippen molar-refractivity contribution in [3.63, 3.8) is 0 Å². The summed E-state index contributed by atoms with van der Waals surface area (Å²) in [7, 11) is 0. The Balaban J connectivity index is 1.91. The third-order valence-electron chi connectivity index (χ3n) is 2.64. The Kier molecular flexibility index (Phi) is 9.13. The van der Waals surface area contributed by atoms with Crippen molar-refractivity contribution in [2.75, 3.05) is 26.3 Å². The predicted octanol–water partition coefficient (Wildman–Crippen LogP) is 3.50. The first kappa shape index (κ1) is 14.9. The Hall–Kier alpha value is -1.12. The van der Waals surface area contributed by atoms with Crippen molar-refractivity contribution in [3.8, 4) is 0 Å². The number of benzene rings is 1. The minimum Gasteiger partial charge on any atom is -0.377 e. The first-order valence-corrected chi connectivity index (χ1v) is 6.93. The van der Waals surface area contributed by atoms with Crippen LogP contribution in [0.5, 0.6) is 0 Å². The van der Waals surface area contributed by atoms with Gasteiger partial charge in [0, 0.05) is 6.61 Å². The van der Waals surface area contributed by atoms with Crippen LogP contribution in [-0.4, -0.2) is 26.3 Å². The molecule has 100 valence electrons. The van der Waals surface area contributed by atoms with E-state index in [-0.39, 0.29) is 0 Å². The summed E-state index contributed by atoms with van der Waals surface area (Å²) in [5, 5.41) is 3.39. The monoisotopic (exact) mass is 247 g/mol. The lowest BCUT2D eigenvalue weighted by atomic mass is 10.2. The second-order valence-electron chi connectivity index (χ2n) is 4.35. The summed E-state index contributed by atoms with van der Waals surface area (Å²) in [5.41, 5.74) is 1.23. The van der Waals surface area contributed by atoms with Crippen LogP contribution in [0.2, 0.25) is 0 Å². The van der Waals surface area contributed by atoms with Crippen molar-refractivity contribution in [1.82, 2.24) is 5.32 Å². The summed E-state index contributed by atoms with van der Waals surface area (Å²) < 4.78 is 5.55. The highest BCUT2D eigenvalue weighted by Crippen LogP contribution is 2.00. The van der Waals surface area contributed by atoms with Crippen LogP contribution in [0.3, 0.4) is 0 Å². The molecule has 0 aliphatic rings. The summed E-state index contributed by atoms with van der Waals surface area (Å²) in [6.45, 7) is 5.98. The van der Waals surface area contributed by atoms with Gasteiger partial charge in [-0.15, -0.1) is 0 Å². The SMILES string of the molecule is CCCNCCCCOC/C=C/c1ccccc1. The van der Waals surface area contributed by atoms with Crippen LogP contribution in [-0.2, 0) is 4.74 Å². The maximum absolute atomic E-state index is 5.55. The van der Waals surface area contributed by atoms with Crippen molar-refractivity contribution in [1.29, 1.82) is 0 Å². The van der Waals surface area contributed by atoms with E-state index < -0.39 is 0 Å². The van der Waals surface area contributed by atoms with Gasteiger partial charge < -0.3 is 10.1 Å². The van der Waals surface area contributed by atoms with E-state index in [1.807, 2.05) is 18.2 Å². The predicted molar refractivity (Wildman–Crippen MR) is 78.7 cm³/mol. The van der Waals surface area contributed by atoms with E-state index in [2.05, 4.69) is 36.5 Å². The molecule has 0 fully saturated rings. The van der Waals surface area contributed by atoms with Gasteiger partial charge in [0.15, 0.2) is 0 Å². The molecule has 1 rings (SSSR count). The van der Waals surface area contributed by atoms with Crippen molar-refractivity contribution >= 4 is 6.08 Å². The van der Waals surface area contributed by atoms with Crippen LogP contribution < -0.4 is 5.32 Å². The molecule has 0 aromatic heterocycles. The fourth-order valence-corrected chi connectivity index (χ4v) is 1.66. The number of rotatable bonds is 10. The lowest BCUT2D eigenvalue weighted by Crippen LogP contribution is -2.16. The summed E-state index contributed by atoms with van der Waals surface area (Å²) in [6.07, 6.45) is 7.71. The molecule has 1 N–H and O–H groups in total. The van der Waals surface area contributed by atoms with Gasteiger partial charge in [0.2, 0.25) is 0 Å². The van der Waals surface area contributed by atoms with Crippen LogP contribution in [0.1, 0.15) is 31.7 Å². The minimum atomic E-state index is 0.706. The number of hydrogen-bond acceptors (Lipinski definition) is 2. The number of hydrogen-bond donors (Lipinski definition) is 1. The molecular weight excluding hydrogens is 222 g/mol. The highest BCUT2D eigenvalue weighted by atomic mass is 16.5. The Morgan fingerprint density at radius 2 is 1.94 bits per heavy atom. The van der Waals surface area contributed by atoms with E-state index in [0.29, 0.717) is 6.61 Å². The van der Waals surface area contributed by atoms with Crippen LogP contribution in [0.4, 0.5) is 0 Å². The summed E-state index contributed by atoms with van der Waals surface area (Å²) >= 11 is 0. The first-order chi connectivity index (χ1) is 8.93. The lowest BCUT2D eigenvalue weighted by Gasteiger charge is -2.03. The van der Waals surface area contributed by atoms with Gasteiger partial charge in [-0.05, 0) is 37.9 Å². The molecule has 0 aliphatic heterocycles. The molecule has 2 heteroatoms. The van der Waals surface area contributed by atoms with Gasteiger partial charge >= 0.3 is 0 Å². The third kappa shape index (κ3) is 8.04. The topological polar surface area (TPSA) is 21.3 Å². The normalized spacial score (nSPS) is 11.2. The number of nitrogens with one attached hydrogen (secondary N) is 1. The smallest absolute Gasteiger partial charge is 0.0650 e. The van der Waals surface area contributed by atoms with Gasteiger partial charge in [-0.1, -0.05) is 49.4 Å². The molecular formula is C16H25NO. The van der Waals surface area contributed by atoms with Crippen molar-refractivity contribution in [2.45, 2.75) is 26.2 Å². The molecule has 0 spiro atoms. The maximum atomic E-state index is 5.55. The molecule has 1 aromatic rings. The van der Waals surface area contributed by atoms with Gasteiger partial charge in [0.25, 0.3) is 0 Å². The highest BCUT2D eigenvalue weighted by molar-refractivity contribution is 5.48. The standard InChI is InChI=1S/C16H25NO/c1-2-12-17-13-6-7-14-18-15-8-11-16-9-4-3-5-10-16/h3-5,8-11,17H,2,6-7,12-15H2,1H3/b11-8+. The van der Waals surface area contributed by atoms with Gasteiger partial charge in [0.05, 0.1) is 6.61 Å². The van der Waals surface area contributed by atoms with Crippen molar-refractivity contribution < 1.29 is 4.74 Å². The van der Waals surface area contributed by atoms with Gasteiger partial charge in [-0.2, -0.15) is 0 Å². The molecule has 0 amide bonds. The summed E-state index contributed by atoms with van der Waals surface area (Å²) in [4.78, 5) is 0. The van der Waals surface area contributed by atoms with Crippen LogP contribution in [0, 0.1) is 0 Å². The van der Waals surface area contributed by atoms with Crippen LogP contribution in [0.25, 0.3) is 6.08 Å². The highest BCUT2D eigenvalue weighted by Gasteiger charge is 1.89. The quantitative estimate of drug-likeness (QED) is 0.639. The average molecular weight is 247 g/mol. The van der Waals surface area contributed by atoms with Gasteiger partial charge in [-0.3, -0.25) is 0 Å². The number of ether oxygens (including phenoxy) is 1. The molecule has 0 aliphatic carbocycles. The van der Waals surface area contributed by atoms with Gasteiger partial charge in [0.1, 0.15) is 0 Å². The molecule has 0 saturated carbocycles. The molecule has 0 atom stereocenters. The van der Waals surface area contributed by atoms with Crippen LogP contribution in [0.15, 0.2) is 36.4 Å². The zero-order valence-corrected chi connectivity index (χ0v) is 11.4. The maximum Gasteiger partial charge on any atom is 0.0650 e. The zero-order valence-electron chi connectivity index (χ0n) is 11.4. The lowest BCUT2D eigenvalue weighted by molar-refractivity contribution is 0.158. The van der Waals surface area contributed by atoms with E-state index >= 15 is 0 Å². The Labute approximate surface area is 111 Å². The molecule has 0 unspecified atom stereocenters. The molecule has 0 bridgehead atoms. The van der Waals surface area contributed by atoms with Crippen LogP contribution >= 0.6 is 0 Å². The van der Waals surface area contributed by atoms with Crippen molar-refractivity contribution in [3.05, 3.63) is 42.0 Å². The Morgan fingerprint density at radius 3 is 2.72 bits per heavy atom. The van der Waals surface area contributed by atoms with E-state index in [1.165, 1.54) is 18.4 Å². The zero-order chi connectivity index (χ0) is 12.9. The second kappa shape index (κ2) is 11.0. The molecule has 1 aromatic carbocycles. The third-order valence-corrected chi connectivity index (χ3v) is 2.64. The minimum absolute atomic E-state index is 0.706. The van der Waals surface area contributed by atoms with Gasteiger partial charge in [-0.25, -0.2) is 0 Å². The average Bonchev–Trinajstić information content (AvgIpc) is 2.42. The van der Waals surface area contributed by atoms with E-state index in [9.17, 15) is 0 Å². The van der Waals surface area contributed by atoms with Crippen molar-refractivity contribution in [2.24, 2.45) is 0 Å². The van der Waals surface area contributed by atoms with E-state index in [0.717, 1.165) is 26.1 Å². The molecule has 0 saturated heterocycles. The first-order valence-electron chi connectivity index (χ1n) is 6.93. The molecule has 0 heterocycles. The molecule has 0 radical (unpaired) electrons. The molecule has 2 nitrogen and oxygen atoms in total. The molecule has 18 heavy (non-hydrogen) atoms. The number of unbranched alkanes of at least 4 members (excludes halogenated alkanes) is 1. The Morgan fingerprint density at radius 1 is 1.11 bits per heavy atom. The fourth-order valence-electron chi connectivity index (χ4n) is 1.66. The summed E-state index contributed by atoms with van der Waals surface area (Å²) in [5.74, 6) is 0. The fraction of sp³-hybridized carbons (Fsp3) is 0.500. The largest absolute Gasteiger partial charge is 0.377 e. The summed E-state index contributed by atoms with van der Waals surface area (Å²) in [6, 6.07) is 10.3. The van der Waals surface area contributed by atoms with E-state index in [4.69, 9.17) is 4.74 Å². The second-order valence-corrected chi connectivity index (χ2v) is 4.35. The Bertz CT molecular complexity index is 308. The van der Waals surface area contributed by atoms with E-state index in [1.54, 1.807) is 0 Å².